The van der Waals surface area contributed by atoms with Gasteiger partial charge in [-0.2, -0.15) is 22.5 Å². The molecule has 0 aromatic carbocycles. The number of nitrogens with zero attached hydrogens (tertiary/aromatic N) is 3. The number of nitrogens with one attached hydrogen (secondary N) is 1. The first-order valence-electron chi connectivity index (χ1n) is 5.77. The number of hydrogen-bond acceptors (Lipinski definition) is 4. The minimum Gasteiger partial charge on any atom is -0.330 e. The van der Waals surface area contributed by atoms with Crippen molar-refractivity contribution in [3.63, 3.8) is 0 Å². The van der Waals surface area contributed by atoms with Gasteiger partial charge in [0.2, 0.25) is 0 Å². The van der Waals surface area contributed by atoms with Crippen LogP contribution in [0.1, 0.15) is 17.7 Å². The van der Waals surface area contributed by atoms with Gasteiger partial charge in [0.1, 0.15) is 0 Å². The summed E-state index contributed by atoms with van der Waals surface area (Å²) in [4.78, 5) is 0. The van der Waals surface area contributed by atoms with Crippen LogP contribution in [0.4, 0.5) is 0 Å². The fraction of sp³-hybridized carbons (Fsp3) is 0.700. The van der Waals surface area contributed by atoms with E-state index in [4.69, 9.17) is 5.73 Å². The smallest absolute Gasteiger partial charge is 0.279 e. The van der Waals surface area contributed by atoms with E-state index in [1.165, 1.54) is 11.4 Å². The average molecular weight is 275 g/mol. The van der Waals surface area contributed by atoms with Gasteiger partial charge in [-0.3, -0.25) is 4.68 Å². The molecule has 0 spiro atoms. The summed E-state index contributed by atoms with van der Waals surface area (Å²) >= 11 is 0. The molecule has 0 amide bonds. The fourth-order valence-corrected chi connectivity index (χ4v) is 2.36. The lowest BCUT2D eigenvalue weighted by molar-refractivity contribution is 0.452. The van der Waals surface area contributed by atoms with Gasteiger partial charge in [-0.25, -0.2) is 0 Å². The topological polar surface area (TPSA) is 93.2 Å². The van der Waals surface area contributed by atoms with Crippen LogP contribution in [0.25, 0.3) is 0 Å². The molecular weight excluding hydrogens is 254 g/mol. The molecule has 18 heavy (non-hydrogen) atoms. The Balaban J connectivity index is 2.59. The first-order chi connectivity index (χ1) is 8.38. The molecule has 104 valence electrons. The van der Waals surface area contributed by atoms with E-state index in [0.29, 0.717) is 19.5 Å². The molecule has 0 saturated carbocycles. The van der Waals surface area contributed by atoms with Crippen LogP contribution >= 0.6 is 0 Å². The third-order valence-corrected chi connectivity index (χ3v) is 4.38. The molecule has 3 N–H and O–H groups in total. The van der Waals surface area contributed by atoms with Crippen molar-refractivity contribution in [1.29, 1.82) is 0 Å². The lowest BCUT2D eigenvalue weighted by Crippen LogP contribution is -2.38. The van der Waals surface area contributed by atoms with Gasteiger partial charge in [-0.05, 0) is 19.9 Å². The maximum absolute atomic E-state index is 11.9. The Kier molecular flexibility index (Phi) is 5.27. The molecule has 1 aromatic heterocycles. The minimum absolute atomic E-state index is 0.245. The summed E-state index contributed by atoms with van der Waals surface area (Å²) in [6.07, 6.45) is 2.31. The van der Waals surface area contributed by atoms with Gasteiger partial charge >= 0.3 is 0 Å². The second-order valence-electron chi connectivity index (χ2n) is 4.17. The molecule has 0 radical (unpaired) electrons. The molecule has 8 heteroatoms. The third kappa shape index (κ3) is 3.77. The Labute approximate surface area is 108 Å². The molecule has 0 fully saturated rings. The van der Waals surface area contributed by atoms with Gasteiger partial charge in [-0.1, -0.05) is 0 Å². The second kappa shape index (κ2) is 6.28. The van der Waals surface area contributed by atoms with Gasteiger partial charge in [-0.15, -0.1) is 0 Å². The fourth-order valence-electron chi connectivity index (χ4n) is 1.43. The maximum atomic E-state index is 11.9. The SMILES string of the molecule is Cc1c(CNS(=O)(=O)N(C)CCCN)cnn1C. The Morgan fingerprint density at radius 1 is 1.56 bits per heavy atom. The van der Waals surface area contributed by atoms with Crippen LogP contribution in [0.2, 0.25) is 0 Å². The number of hydrogen-bond donors (Lipinski definition) is 2. The van der Waals surface area contributed by atoms with Crippen LogP contribution in [0.5, 0.6) is 0 Å². The number of rotatable bonds is 7. The summed E-state index contributed by atoms with van der Waals surface area (Å²) in [5.74, 6) is 0. The Hall–Kier alpha value is -0.960. The molecule has 1 aromatic rings. The van der Waals surface area contributed by atoms with Gasteiger partial charge < -0.3 is 5.73 Å². The summed E-state index contributed by atoms with van der Waals surface area (Å²) in [6, 6.07) is 0. The zero-order valence-electron chi connectivity index (χ0n) is 11.0. The van der Waals surface area contributed by atoms with Crippen LogP contribution in [-0.2, 0) is 23.8 Å². The quantitative estimate of drug-likeness (QED) is 0.691. The number of aryl methyl sites for hydroxylation is 1. The first-order valence-corrected chi connectivity index (χ1v) is 7.21. The van der Waals surface area contributed by atoms with Gasteiger partial charge in [0, 0.05) is 38.4 Å². The van der Waals surface area contributed by atoms with Crippen molar-refractivity contribution >= 4 is 10.2 Å². The summed E-state index contributed by atoms with van der Waals surface area (Å²) in [5.41, 5.74) is 7.17. The lowest BCUT2D eigenvalue weighted by Gasteiger charge is -2.17. The highest BCUT2D eigenvalue weighted by Crippen LogP contribution is 2.06. The Morgan fingerprint density at radius 2 is 2.22 bits per heavy atom. The minimum atomic E-state index is -3.45. The molecule has 0 unspecified atom stereocenters. The first kappa shape index (κ1) is 15.1. The Morgan fingerprint density at radius 3 is 2.72 bits per heavy atom. The molecule has 0 bridgehead atoms. The van der Waals surface area contributed by atoms with E-state index in [9.17, 15) is 8.42 Å². The average Bonchev–Trinajstić information content (AvgIpc) is 2.64. The predicted octanol–water partition coefficient (Wildman–Crippen LogP) is -0.656. The van der Waals surface area contributed by atoms with E-state index in [1.807, 2.05) is 14.0 Å². The highest BCUT2D eigenvalue weighted by atomic mass is 32.2. The van der Waals surface area contributed by atoms with Crippen molar-refractivity contribution in [3.8, 4) is 0 Å². The summed E-state index contributed by atoms with van der Waals surface area (Å²) < 4.78 is 29.3. The van der Waals surface area contributed by atoms with Crippen molar-refractivity contribution in [1.82, 2.24) is 18.8 Å². The van der Waals surface area contributed by atoms with Crippen LogP contribution in [0.3, 0.4) is 0 Å². The van der Waals surface area contributed by atoms with Gasteiger partial charge in [0.05, 0.1) is 6.20 Å². The zero-order valence-corrected chi connectivity index (χ0v) is 11.9. The van der Waals surface area contributed by atoms with Gasteiger partial charge in [0.25, 0.3) is 10.2 Å². The Bertz CT molecular complexity index is 482. The number of nitrogens with two attached hydrogens (primary N) is 1. The molecule has 0 atom stereocenters. The molecule has 0 saturated heterocycles. The lowest BCUT2D eigenvalue weighted by atomic mass is 10.3. The summed E-state index contributed by atoms with van der Waals surface area (Å²) in [7, 11) is -0.0915. The predicted molar refractivity (Wildman–Crippen MR) is 70.0 cm³/mol. The van der Waals surface area contributed by atoms with E-state index < -0.39 is 10.2 Å². The second-order valence-corrected chi connectivity index (χ2v) is 6.03. The summed E-state index contributed by atoms with van der Waals surface area (Å²) in [5, 5.41) is 4.06. The van der Waals surface area contributed by atoms with Crippen LogP contribution < -0.4 is 10.5 Å². The van der Waals surface area contributed by atoms with E-state index in [-0.39, 0.29) is 6.54 Å². The van der Waals surface area contributed by atoms with E-state index in [0.717, 1.165) is 11.3 Å². The monoisotopic (exact) mass is 275 g/mol. The van der Waals surface area contributed by atoms with Crippen molar-refractivity contribution < 1.29 is 8.42 Å². The molecule has 0 aliphatic heterocycles. The van der Waals surface area contributed by atoms with Crippen LogP contribution in [0.15, 0.2) is 6.20 Å². The highest BCUT2D eigenvalue weighted by molar-refractivity contribution is 7.87. The van der Waals surface area contributed by atoms with E-state index >= 15 is 0 Å². The zero-order chi connectivity index (χ0) is 13.8. The van der Waals surface area contributed by atoms with Gasteiger partial charge in [0.15, 0.2) is 0 Å². The molecular formula is C10H21N5O2S. The van der Waals surface area contributed by atoms with Crippen molar-refractivity contribution in [2.24, 2.45) is 12.8 Å². The maximum Gasteiger partial charge on any atom is 0.279 e. The summed E-state index contributed by atoms with van der Waals surface area (Å²) in [6.45, 7) is 3.03. The molecule has 0 aliphatic carbocycles. The highest BCUT2D eigenvalue weighted by Gasteiger charge is 2.17. The van der Waals surface area contributed by atoms with Crippen molar-refractivity contribution in [3.05, 3.63) is 17.5 Å². The largest absolute Gasteiger partial charge is 0.330 e. The van der Waals surface area contributed by atoms with Crippen LogP contribution in [0, 0.1) is 6.92 Å². The molecule has 7 nitrogen and oxygen atoms in total. The normalized spacial score (nSPS) is 12.3. The number of aromatic nitrogens is 2. The molecule has 1 heterocycles. The standard InChI is InChI=1S/C10H21N5O2S/c1-9-10(7-12-15(9)3)8-13-18(16,17)14(2)6-4-5-11/h7,13H,4-6,8,11H2,1-3H3. The van der Waals surface area contributed by atoms with Crippen molar-refractivity contribution in [2.75, 3.05) is 20.1 Å². The van der Waals surface area contributed by atoms with Crippen molar-refractivity contribution in [2.45, 2.75) is 19.9 Å². The third-order valence-electron chi connectivity index (χ3n) is 2.87. The van der Waals surface area contributed by atoms with E-state index in [2.05, 4.69) is 9.82 Å². The van der Waals surface area contributed by atoms with E-state index in [1.54, 1.807) is 10.9 Å². The van der Waals surface area contributed by atoms with Crippen LogP contribution in [-0.4, -0.2) is 42.6 Å². The molecule has 1 rings (SSSR count). The molecule has 0 aliphatic rings.